The van der Waals surface area contributed by atoms with Crippen LogP contribution in [0.15, 0.2) is 35.5 Å². The number of hydrogen-bond acceptors (Lipinski definition) is 11. The molecule has 3 aliphatic rings. The zero-order chi connectivity index (χ0) is 25.9. The van der Waals surface area contributed by atoms with Crippen LogP contribution < -0.4 is 15.1 Å². The average molecular weight is 511 g/mol. The highest BCUT2D eigenvalue weighted by atomic mass is 16.6. The number of nitrogens with zero attached hydrogens (tertiary/aromatic N) is 5. The summed E-state index contributed by atoms with van der Waals surface area (Å²) in [5.41, 5.74) is 2.29. The molecule has 12 heteroatoms. The highest BCUT2D eigenvalue weighted by molar-refractivity contribution is 5.95. The molecule has 1 aromatic carbocycles. The van der Waals surface area contributed by atoms with Gasteiger partial charge < -0.3 is 29.3 Å². The van der Waals surface area contributed by atoms with Crippen molar-refractivity contribution in [2.45, 2.75) is 19.3 Å². The summed E-state index contributed by atoms with van der Waals surface area (Å²) in [7, 11) is 1.34. The highest BCUT2D eigenvalue weighted by Crippen LogP contribution is 2.47. The van der Waals surface area contributed by atoms with Crippen molar-refractivity contribution in [2.75, 3.05) is 74.8 Å². The zero-order valence-electron chi connectivity index (χ0n) is 20.9. The molecular weight excluding hydrogens is 480 g/mol. The average Bonchev–Trinajstić information content (AvgIpc) is 2.96. The Morgan fingerprint density at radius 1 is 1.14 bits per heavy atom. The number of morpholine rings is 2. The third-order valence-corrected chi connectivity index (χ3v) is 6.86. The fourth-order valence-corrected chi connectivity index (χ4v) is 5.04. The Hall–Kier alpha value is -3.77. The second kappa shape index (κ2) is 10.7. The van der Waals surface area contributed by atoms with Crippen LogP contribution in [0.1, 0.15) is 30.4 Å². The van der Waals surface area contributed by atoms with Gasteiger partial charge in [-0.05, 0) is 12.0 Å². The fraction of sp³-hybridized carbons (Fsp3) is 0.480. The van der Waals surface area contributed by atoms with Gasteiger partial charge in [0.2, 0.25) is 5.95 Å². The van der Waals surface area contributed by atoms with Crippen LogP contribution in [0.4, 0.5) is 23.3 Å². The van der Waals surface area contributed by atoms with E-state index in [1.807, 2.05) is 6.92 Å². The summed E-state index contributed by atoms with van der Waals surface area (Å²) >= 11 is 0. The Bertz CT molecular complexity index is 1220. The van der Waals surface area contributed by atoms with Crippen molar-refractivity contribution in [3.63, 3.8) is 0 Å². The quantitative estimate of drug-likeness (QED) is 0.349. The van der Waals surface area contributed by atoms with Crippen LogP contribution in [-0.4, -0.2) is 80.6 Å². The lowest BCUT2D eigenvalue weighted by molar-refractivity contribution is -0.384. The minimum atomic E-state index is -0.657. The van der Waals surface area contributed by atoms with Gasteiger partial charge in [-0.1, -0.05) is 19.1 Å². The number of methoxy groups -OCH3 is 1. The molecule has 1 N–H and O–H groups in total. The number of anilines is 3. The van der Waals surface area contributed by atoms with E-state index >= 15 is 0 Å². The summed E-state index contributed by atoms with van der Waals surface area (Å²) in [5.74, 6) is 0.673. The molecule has 3 aliphatic heterocycles. The Kier molecular flexibility index (Phi) is 7.19. The molecule has 1 aromatic heterocycles. The van der Waals surface area contributed by atoms with Gasteiger partial charge in [0, 0.05) is 49.6 Å². The number of nitro benzene ring substituents is 1. The second-order valence-corrected chi connectivity index (χ2v) is 8.96. The molecule has 37 heavy (non-hydrogen) atoms. The highest BCUT2D eigenvalue weighted by Gasteiger charge is 2.39. The van der Waals surface area contributed by atoms with Gasteiger partial charge >= 0.3 is 5.97 Å². The van der Waals surface area contributed by atoms with Crippen LogP contribution in [0.2, 0.25) is 0 Å². The number of fused-ring (bicyclic) bond motifs is 1. The summed E-state index contributed by atoms with van der Waals surface area (Å²) < 4.78 is 16.3. The van der Waals surface area contributed by atoms with Crippen LogP contribution in [0.3, 0.4) is 0 Å². The number of aromatic nitrogens is 2. The van der Waals surface area contributed by atoms with Gasteiger partial charge in [-0.15, -0.1) is 0 Å². The second-order valence-electron chi connectivity index (χ2n) is 8.96. The molecule has 1 atom stereocenters. The van der Waals surface area contributed by atoms with E-state index in [-0.39, 0.29) is 5.69 Å². The maximum absolute atomic E-state index is 13.2. The lowest BCUT2D eigenvalue weighted by atomic mass is 9.81. The molecule has 12 nitrogen and oxygen atoms in total. The molecule has 0 amide bonds. The first-order chi connectivity index (χ1) is 18.0. The van der Waals surface area contributed by atoms with E-state index in [2.05, 4.69) is 15.1 Å². The van der Waals surface area contributed by atoms with Crippen molar-refractivity contribution in [1.29, 1.82) is 0 Å². The first-order valence-electron chi connectivity index (χ1n) is 12.4. The standard InChI is InChI=1S/C25H30N6O6/c1-3-18-20(24(32)35-2)19(16-5-4-6-17(15-16)31(33)34)21-22(26-18)27-25(30-9-13-37-14-10-30)28-23(21)29-7-11-36-12-8-29/h4-6,15,19H,3,7-14H2,1-2H3,(H,26,27,28). The first kappa shape index (κ1) is 24.9. The summed E-state index contributed by atoms with van der Waals surface area (Å²) in [6.45, 7) is 6.76. The number of carbonyl (C=O) groups is 1. The Balaban J connectivity index is 1.75. The fourth-order valence-electron chi connectivity index (χ4n) is 5.04. The molecule has 0 saturated carbocycles. The maximum Gasteiger partial charge on any atom is 0.336 e. The van der Waals surface area contributed by atoms with Crippen LogP contribution in [0.25, 0.3) is 0 Å². The normalized spacial score (nSPS) is 19.8. The predicted octanol–water partition coefficient (Wildman–Crippen LogP) is 2.45. The number of rotatable bonds is 6. The van der Waals surface area contributed by atoms with Gasteiger partial charge in [0.25, 0.3) is 5.69 Å². The van der Waals surface area contributed by atoms with Crippen molar-refractivity contribution in [2.24, 2.45) is 0 Å². The number of esters is 1. The molecule has 0 aliphatic carbocycles. The molecule has 4 heterocycles. The van der Waals surface area contributed by atoms with Crippen LogP contribution >= 0.6 is 0 Å². The number of nitro groups is 1. The third-order valence-electron chi connectivity index (χ3n) is 6.86. The Labute approximate surface area is 214 Å². The van der Waals surface area contributed by atoms with Crippen LogP contribution in [0.5, 0.6) is 0 Å². The van der Waals surface area contributed by atoms with Gasteiger partial charge in [0.1, 0.15) is 11.6 Å². The maximum atomic E-state index is 13.2. The molecule has 1 unspecified atom stereocenters. The number of allylic oxidation sites excluding steroid dienone is 1. The number of hydrogen-bond donors (Lipinski definition) is 1. The minimum absolute atomic E-state index is 0.0568. The van der Waals surface area contributed by atoms with Crippen molar-refractivity contribution >= 4 is 29.2 Å². The van der Waals surface area contributed by atoms with Crippen molar-refractivity contribution < 1.29 is 23.9 Å². The van der Waals surface area contributed by atoms with E-state index in [0.29, 0.717) is 99.0 Å². The summed E-state index contributed by atoms with van der Waals surface area (Å²) in [6, 6.07) is 6.37. The zero-order valence-corrected chi connectivity index (χ0v) is 20.9. The van der Waals surface area contributed by atoms with Gasteiger partial charge in [0.05, 0.1) is 50.0 Å². The lowest BCUT2D eigenvalue weighted by Crippen LogP contribution is -2.41. The van der Waals surface area contributed by atoms with E-state index in [1.165, 1.54) is 19.2 Å². The topological polar surface area (TPSA) is 132 Å². The van der Waals surface area contributed by atoms with E-state index in [0.717, 1.165) is 0 Å². The van der Waals surface area contributed by atoms with Gasteiger partial charge in [-0.2, -0.15) is 9.97 Å². The first-order valence-corrected chi connectivity index (χ1v) is 12.4. The van der Waals surface area contributed by atoms with Crippen molar-refractivity contribution in [1.82, 2.24) is 9.97 Å². The summed E-state index contributed by atoms with van der Waals surface area (Å²) in [4.78, 5) is 38.5. The number of benzene rings is 1. The molecule has 196 valence electrons. The van der Waals surface area contributed by atoms with Gasteiger partial charge in [-0.25, -0.2) is 4.79 Å². The van der Waals surface area contributed by atoms with Crippen molar-refractivity contribution in [3.05, 3.63) is 56.8 Å². The Morgan fingerprint density at radius 3 is 2.43 bits per heavy atom. The predicted molar refractivity (Wildman–Crippen MR) is 136 cm³/mol. The van der Waals surface area contributed by atoms with E-state index in [1.54, 1.807) is 12.1 Å². The van der Waals surface area contributed by atoms with E-state index < -0.39 is 16.8 Å². The molecule has 0 radical (unpaired) electrons. The monoisotopic (exact) mass is 510 g/mol. The molecular formula is C25H30N6O6. The molecule has 2 aromatic rings. The van der Waals surface area contributed by atoms with Gasteiger partial charge in [-0.3, -0.25) is 10.1 Å². The molecule has 2 fully saturated rings. The van der Waals surface area contributed by atoms with E-state index in [9.17, 15) is 14.9 Å². The Morgan fingerprint density at radius 2 is 1.81 bits per heavy atom. The number of carbonyl (C=O) groups excluding carboxylic acids is 1. The smallest absolute Gasteiger partial charge is 0.336 e. The minimum Gasteiger partial charge on any atom is -0.466 e. The molecule has 0 spiro atoms. The summed E-state index contributed by atoms with van der Waals surface area (Å²) in [5, 5.41) is 15.0. The number of nitrogens with one attached hydrogen (secondary N) is 1. The molecule has 0 bridgehead atoms. The largest absolute Gasteiger partial charge is 0.466 e. The molecule has 2 saturated heterocycles. The van der Waals surface area contributed by atoms with Crippen LogP contribution in [-0.2, 0) is 19.0 Å². The van der Waals surface area contributed by atoms with E-state index in [4.69, 9.17) is 24.2 Å². The SMILES string of the molecule is CCC1=C(C(=O)OC)C(c2cccc([N+](=O)[O-])c2)c2c(nc(N3CCOCC3)nc2N2CCOCC2)N1. The number of non-ortho nitro benzene ring substituents is 1. The number of ether oxygens (including phenoxy) is 3. The van der Waals surface area contributed by atoms with Crippen LogP contribution in [0, 0.1) is 10.1 Å². The summed E-state index contributed by atoms with van der Waals surface area (Å²) in [6.07, 6.45) is 0.513. The molecule has 5 rings (SSSR count). The lowest BCUT2D eigenvalue weighted by Gasteiger charge is -2.37. The van der Waals surface area contributed by atoms with Crippen molar-refractivity contribution in [3.8, 4) is 0 Å². The van der Waals surface area contributed by atoms with Gasteiger partial charge in [0.15, 0.2) is 0 Å². The third kappa shape index (κ3) is 4.81.